The summed E-state index contributed by atoms with van der Waals surface area (Å²) in [7, 11) is -1.85. The predicted octanol–water partition coefficient (Wildman–Crippen LogP) is 3.38. The van der Waals surface area contributed by atoms with Gasteiger partial charge in [0, 0.05) is 24.9 Å². The second-order valence-corrected chi connectivity index (χ2v) is 10.8. The predicted molar refractivity (Wildman–Crippen MR) is 121 cm³/mol. The number of benzene rings is 1. The number of alkyl halides is 3. The van der Waals surface area contributed by atoms with Crippen LogP contribution in [0.1, 0.15) is 37.9 Å². The SMILES string of the molecule is CCn1c(C(F)(F)F)cc2nc(-c3ccc(C4(C(N)=O)CC4)cc3S(=N)(=O)CC)n(C)c2c1=O. The minimum atomic E-state index is -4.75. The number of amides is 1. The highest BCUT2D eigenvalue weighted by atomic mass is 32.2. The molecular formula is C22H24F3N5O3S. The highest BCUT2D eigenvalue weighted by molar-refractivity contribution is 7.92. The van der Waals surface area contributed by atoms with Gasteiger partial charge in [0.05, 0.1) is 25.6 Å². The molecule has 4 rings (SSSR count). The molecule has 1 aromatic carbocycles. The maximum Gasteiger partial charge on any atom is 0.431 e. The van der Waals surface area contributed by atoms with Crippen molar-refractivity contribution in [3.05, 3.63) is 45.9 Å². The minimum Gasteiger partial charge on any atom is -0.369 e. The van der Waals surface area contributed by atoms with Crippen molar-refractivity contribution in [1.82, 2.24) is 14.1 Å². The number of nitrogens with zero attached hydrogens (tertiary/aromatic N) is 3. The van der Waals surface area contributed by atoms with Crippen molar-refractivity contribution in [2.24, 2.45) is 12.8 Å². The van der Waals surface area contributed by atoms with Crippen molar-refractivity contribution in [2.45, 2.75) is 49.7 Å². The summed E-state index contributed by atoms with van der Waals surface area (Å²) in [5.41, 5.74) is 3.34. The van der Waals surface area contributed by atoms with Crippen LogP contribution in [0, 0.1) is 4.78 Å². The van der Waals surface area contributed by atoms with Gasteiger partial charge in [-0.1, -0.05) is 13.0 Å². The van der Waals surface area contributed by atoms with E-state index in [2.05, 4.69) is 4.98 Å². The molecule has 2 aromatic heterocycles. The number of nitrogens with one attached hydrogen (secondary N) is 1. The normalized spacial score (nSPS) is 17.0. The van der Waals surface area contributed by atoms with E-state index in [1.165, 1.54) is 24.6 Å². The number of carbonyl (C=O) groups excluding carboxylic acids is 1. The summed E-state index contributed by atoms with van der Waals surface area (Å²) < 4.78 is 64.3. The van der Waals surface area contributed by atoms with Gasteiger partial charge in [-0.15, -0.1) is 0 Å². The zero-order valence-corrected chi connectivity index (χ0v) is 19.6. The Labute approximate surface area is 193 Å². The Balaban J connectivity index is 2.03. The maximum absolute atomic E-state index is 13.6. The van der Waals surface area contributed by atoms with Crippen molar-refractivity contribution in [3.63, 3.8) is 0 Å². The van der Waals surface area contributed by atoms with Crippen molar-refractivity contribution in [3.8, 4) is 11.4 Å². The first-order chi connectivity index (χ1) is 15.8. The summed E-state index contributed by atoms with van der Waals surface area (Å²) in [6.45, 7) is 2.84. The zero-order chi connectivity index (χ0) is 25.2. The van der Waals surface area contributed by atoms with E-state index in [9.17, 15) is 27.0 Å². The third kappa shape index (κ3) is 3.51. The quantitative estimate of drug-likeness (QED) is 0.544. The fourth-order valence-corrected chi connectivity index (χ4v) is 5.49. The summed E-state index contributed by atoms with van der Waals surface area (Å²) in [6, 6.07) is 5.51. The Morgan fingerprint density at radius 1 is 1.26 bits per heavy atom. The van der Waals surface area contributed by atoms with Crippen LogP contribution in [0.3, 0.4) is 0 Å². The van der Waals surface area contributed by atoms with Crippen LogP contribution in [0.15, 0.2) is 34.0 Å². The molecule has 1 atom stereocenters. The molecule has 1 amide bonds. The Kier molecular flexibility index (Phi) is 5.42. The first kappa shape index (κ1) is 24.0. The summed E-state index contributed by atoms with van der Waals surface area (Å²) >= 11 is 0. The number of aryl methyl sites for hydroxylation is 1. The molecule has 12 heteroatoms. The lowest BCUT2D eigenvalue weighted by Gasteiger charge is -2.17. The molecule has 1 aliphatic carbocycles. The average Bonchev–Trinajstić information content (AvgIpc) is 3.52. The molecule has 0 radical (unpaired) electrons. The lowest BCUT2D eigenvalue weighted by atomic mass is 9.94. The Hall–Kier alpha value is -3.15. The van der Waals surface area contributed by atoms with Gasteiger partial charge < -0.3 is 14.9 Å². The van der Waals surface area contributed by atoms with Gasteiger partial charge in [0.1, 0.15) is 17.0 Å². The monoisotopic (exact) mass is 495 g/mol. The second-order valence-electron chi connectivity index (χ2n) is 8.43. The summed E-state index contributed by atoms with van der Waals surface area (Å²) in [5.74, 6) is -0.438. The molecule has 0 saturated heterocycles. The van der Waals surface area contributed by atoms with Gasteiger partial charge in [-0.2, -0.15) is 13.2 Å². The van der Waals surface area contributed by atoms with E-state index in [4.69, 9.17) is 10.5 Å². The number of hydrogen-bond donors (Lipinski definition) is 2. The van der Waals surface area contributed by atoms with Crippen molar-refractivity contribution < 1.29 is 22.2 Å². The molecule has 2 heterocycles. The van der Waals surface area contributed by atoms with Gasteiger partial charge in [-0.3, -0.25) is 9.59 Å². The molecule has 0 bridgehead atoms. The summed E-state index contributed by atoms with van der Waals surface area (Å²) in [6.07, 6.45) is -3.68. The van der Waals surface area contributed by atoms with Gasteiger partial charge in [0.15, 0.2) is 0 Å². The minimum absolute atomic E-state index is 0.0299. The molecule has 0 aliphatic heterocycles. The standard InChI is InChI=1S/C22H24F3N5O3S/c1-4-30-16(22(23,24)25)11-14-17(19(30)31)29(3)18(28-14)13-7-6-12(21(8-9-21)20(26)32)10-15(13)34(27,33)5-2/h6-7,10-11,27H,4-5,8-9H2,1-3H3,(H2,26,32). The second kappa shape index (κ2) is 7.69. The highest BCUT2D eigenvalue weighted by Crippen LogP contribution is 2.49. The van der Waals surface area contributed by atoms with Crippen molar-refractivity contribution in [1.29, 1.82) is 4.78 Å². The van der Waals surface area contributed by atoms with Gasteiger partial charge in [0.2, 0.25) is 5.91 Å². The molecule has 1 unspecified atom stereocenters. The lowest BCUT2D eigenvalue weighted by Crippen LogP contribution is -2.28. The van der Waals surface area contributed by atoms with E-state index in [0.717, 1.165) is 6.07 Å². The number of carbonyl (C=O) groups is 1. The fraction of sp³-hybridized carbons (Fsp3) is 0.409. The average molecular weight is 496 g/mol. The molecule has 8 nitrogen and oxygen atoms in total. The van der Waals surface area contributed by atoms with Crippen LogP contribution in [-0.4, -0.2) is 30.0 Å². The summed E-state index contributed by atoms with van der Waals surface area (Å²) in [5, 5.41) is 0. The molecule has 182 valence electrons. The van der Waals surface area contributed by atoms with Crippen LogP contribution in [0.4, 0.5) is 13.2 Å². The smallest absolute Gasteiger partial charge is 0.369 e. The number of primary amides is 1. The first-order valence-corrected chi connectivity index (χ1v) is 12.4. The Morgan fingerprint density at radius 3 is 2.41 bits per heavy atom. The van der Waals surface area contributed by atoms with Gasteiger partial charge in [0.25, 0.3) is 5.56 Å². The first-order valence-electron chi connectivity index (χ1n) is 10.7. The van der Waals surface area contributed by atoms with Crippen LogP contribution in [0.25, 0.3) is 22.4 Å². The summed E-state index contributed by atoms with van der Waals surface area (Å²) in [4.78, 5) is 29.4. The van der Waals surface area contributed by atoms with E-state index in [-0.39, 0.29) is 39.6 Å². The van der Waals surface area contributed by atoms with E-state index in [1.807, 2.05) is 0 Å². The molecule has 3 aromatic rings. The number of pyridine rings is 1. The zero-order valence-electron chi connectivity index (χ0n) is 18.8. The number of imidazole rings is 1. The number of nitrogens with two attached hydrogens (primary N) is 1. The number of aromatic nitrogens is 3. The van der Waals surface area contributed by atoms with E-state index < -0.39 is 38.5 Å². The number of rotatable bonds is 6. The number of fused-ring (bicyclic) bond motifs is 1. The van der Waals surface area contributed by atoms with Crippen LogP contribution in [0.2, 0.25) is 0 Å². The van der Waals surface area contributed by atoms with Gasteiger partial charge >= 0.3 is 6.18 Å². The van der Waals surface area contributed by atoms with Gasteiger partial charge in [-0.05, 0) is 43.5 Å². The van der Waals surface area contributed by atoms with Crippen LogP contribution < -0.4 is 11.3 Å². The van der Waals surface area contributed by atoms with Crippen LogP contribution >= 0.6 is 0 Å². The fourth-order valence-electron chi connectivity index (χ4n) is 4.34. The van der Waals surface area contributed by atoms with Crippen LogP contribution in [-0.2, 0) is 39.7 Å². The third-order valence-corrected chi connectivity index (χ3v) is 8.36. The topological polar surface area (TPSA) is 124 Å². The van der Waals surface area contributed by atoms with E-state index >= 15 is 0 Å². The van der Waals surface area contributed by atoms with Gasteiger partial charge in [-0.25, -0.2) is 14.0 Å². The molecule has 34 heavy (non-hydrogen) atoms. The molecule has 1 fully saturated rings. The van der Waals surface area contributed by atoms with Crippen molar-refractivity contribution in [2.75, 3.05) is 5.75 Å². The Morgan fingerprint density at radius 2 is 1.91 bits per heavy atom. The van der Waals surface area contributed by atoms with E-state index in [0.29, 0.717) is 23.0 Å². The Bertz CT molecular complexity index is 1500. The third-order valence-electron chi connectivity index (χ3n) is 6.50. The molecule has 1 saturated carbocycles. The maximum atomic E-state index is 13.6. The molecule has 3 N–H and O–H groups in total. The molecular weight excluding hydrogens is 471 g/mol. The molecule has 1 aliphatic rings. The lowest BCUT2D eigenvalue weighted by molar-refractivity contribution is -0.144. The van der Waals surface area contributed by atoms with Crippen molar-refractivity contribution >= 4 is 26.7 Å². The number of hydrogen-bond acceptors (Lipinski definition) is 5. The van der Waals surface area contributed by atoms with E-state index in [1.54, 1.807) is 19.1 Å². The molecule has 0 spiro atoms. The largest absolute Gasteiger partial charge is 0.431 e. The van der Waals surface area contributed by atoms with Crippen LogP contribution in [0.5, 0.6) is 0 Å². The highest BCUT2D eigenvalue weighted by Gasteiger charge is 2.50. The number of halogens is 3.